The van der Waals surface area contributed by atoms with Crippen molar-refractivity contribution in [2.75, 3.05) is 0 Å². The van der Waals surface area contributed by atoms with Crippen LogP contribution in [0.1, 0.15) is 70.6 Å². The van der Waals surface area contributed by atoms with Crippen LogP contribution in [0.15, 0.2) is 0 Å². The molecule has 0 saturated heterocycles. The first kappa shape index (κ1) is 13.1. The lowest BCUT2D eigenvalue weighted by atomic mass is 10.0. The van der Waals surface area contributed by atoms with Crippen LogP contribution in [0, 0.1) is 0 Å². The Balaban J connectivity index is 2.17. The average Bonchev–Trinajstić information content (AvgIpc) is 2.19. The quantitative estimate of drug-likeness (QED) is 0.553. The highest BCUT2D eigenvalue weighted by Gasteiger charge is 2.08. The third-order valence-corrected chi connectivity index (χ3v) is 6.06. The Bertz CT molecular complexity index is 115. The van der Waals surface area contributed by atoms with Crippen molar-refractivity contribution < 1.29 is 0 Å². The Hall–Kier alpha value is 1.08. The van der Waals surface area contributed by atoms with Crippen LogP contribution < -0.4 is 0 Å². The summed E-state index contributed by atoms with van der Waals surface area (Å²) < 4.78 is 0. The summed E-state index contributed by atoms with van der Waals surface area (Å²) in [4.78, 5) is 0. The van der Waals surface area contributed by atoms with E-state index < -0.39 is 0 Å². The van der Waals surface area contributed by atoms with Gasteiger partial charge in [0.05, 0.1) is 0 Å². The lowest BCUT2D eigenvalue weighted by molar-refractivity contribution is 0.511. The van der Waals surface area contributed by atoms with Crippen molar-refractivity contribution in [2.24, 2.45) is 0 Å². The van der Waals surface area contributed by atoms with E-state index in [1.54, 1.807) is 0 Å². The first-order valence-electron chi connectivity index (χ1n) is 6.21. The first-order valence-corrected chi connectivity index (χ1v) is 9.63. The van der Waals surface area contributed by atoms with E-state index >= 15 is 0 Å². The van der Waals surface area contributed by atoms with Crippen molar-refractivity contribution >= 4 is 30.1 Å². The highest BCUT2D eigenvalue weighted by atomic mass is 127. The predicted octanol–water partition coefficient (Wildman–Crippen LogP) is 5.74. The molecule has 1 aliphatic carbocycles. The minimum absolute atomic E-state index is 0.954. The van der Waals surface area contributed by atoms with E-state index in [-0.39, 0.29) is 0 Å². The summed E-state index contributed by atoms with van der Waals surface area (Å²) in [6, 6.07) is 0. The molecule has 0 amide bonds. The average molecular weight is 326 g/mol. The highest BCUT2D eigenvalue weighted by Crippen LogP contribution is 2.29. The molecule has 0 aromatic rings. The second kappa shape index (κ2) is 9.32. The van der Waals surface area contributed by atoms with E-state index in [4.69, 9.17) is 0 Å². The smallest absolute Gasteiger partial charge is 0.0148 e. The number of halogens is 1. The molecule has 1 saturated carbocycles. The van der Waals surface area contributed by atoms with Crippen LogP contribution in [0.3, 0.4) is 0 Å². The topological polar surface area (TPSA) is 0 Å². The van der Waals surface area contributed by atoms with Crippen LogP contribution in [0.25, 0.3) is 0 Å². The van der Waals surface area contributed by atoms with Crippen LogP contribution in [0.4, 0.5) is 0 Å². The normalized spacial score (nSPS) is 23.8. The van der Waals surface area contributed by atoms with Crippen LogP contribution in [-0.4, -0.2) is 5.25 Å². The molecule has 0 heterocycles. The Morgan fingerprint density at radius 3 is 1.36 bits per heavy atom. The second-order valence-electron chi connectivity index (χ2n) is 4.47. The minimum Gasteiger partial charge on any atom is -0.0860 e. The Morgan fingerprint density at radius 2 is 1.00 bits per heavy atom. The molecule has 14 heavy (non-hydrogen) atoms. The summed E-state index contributed by atoms with van der Waals surface area (Å²) in [6.45, 7) is 0. The van der Waals surface area contributed by atoms with E-state index in [0.717, 1.165) is 5.25 Å². The van der Waals surface area contributed by atoms with Crippen molar-refractivity contribution in [2.45, 2.75) is 75.9 Å². The zero-order valence-electron chi connectivity index (χ0n) is 9.14. The van der Waals surface area contributed by atoms with Crippen molar-refractivity contribution in [1.29, 1.82) is 0 Å². The summed E-state index contributed by atoms with van der Waals surface area (Å²) in [7, 11) is 2.07. The van der Waals surface area contributed by atoms with E-state index in [1.807, 2.05) is 0 Å². The summed E-state index contributed by atoms with van der Waals surface area (Å²) in [5.74, 6) is 0. The van der Waals surface area contributed by atoms with E-state index in [1.165, 1.54) is 70.6 Å². The van der Waals surface area contributed by atoms with Gasteiger partial charge < -0.3 is 0 Å². The van der Waals surface area contributed by atoms with Gasteiger partial charge in [-0.1, -0.05) is 66.7 Å². The fourth-order valence-corrected chi connectivity index (χ4v) is 4.25. The zero-order valence-corrected chi connectivity index (χ0v) is 12.1. The SMILES string of the molecule is ISC1CCCCCCCCCCC1. The van der Waals surface area contributed by atoms with Crippen LogP contribution in [0.2, 0.25) is 0 Å². The molecule has 2 heteroatoms. The molecule has 0 spiro atoms. The monoisotopic (exact) mass is 326 g/mol. The molecule has 0 bridgehead atoms. The van der Waals surface area contributed by atoms with Crippen molar-refractivity contribution in [3.8, 4) is 0 Å². The molecule has 0 unspecified atom stereocenters. The number of rotatable bonds is 1. The molecule has 0 N–H and O–H groups in total. The van der Waals surface area contributed by atoms with Crippen molar-refractivity contribution in [3.63, 3.8) is 0 Å². The fourth-order valence-electron chi connectivity index (χ4n) is 2.21. The van der Waals surface area contributed by atoms with Crippen molar-refractivity contribution in [3.05, 3.63) is 0 Å². The lowest BCUT2D eigenvalue weighted by Gasteiger charge is -2.14. The van der Waals surface area contributed by atoms with Gasteiger partial charge in [0.25, 0.3) is 0 Å². The third kappa shape index (κ3) is 6.54. The first-order chi connectivity index (χ1) is 6.93. The van der Waals surface area contributed by atoms with Crippen LogP contribution in [0.5, 0.6) is 0 Å². The van der Waals surface area contributed by atoms with Crippen LogP contribution >= 0.6 is 30.1 Å². The molecule has 0 aliphatic heterocycles. The Morgan fingerprint density at radius 1 is 0.643 bits per heavy atom. The van der Waals surface area contributed by atoms with Crippen molar-refractivity contribution in [1.82, 2.24) is 0 Å². The molecule has 1 aliphatic rings. The molecule has 0 radical (unpaired) electrons. The van der Waals surface area contributed by atoms with Gasteiger partial charge in [0.15, 0.2) is 0 Å². The molecule has 0 atom stereocenters. The van der Waals surface area contributed by atoms with Crippen LogP contribution in [-0.2, 0) is 0 Å². The number of hydrogen-bond donors (Lipinski definition) is 0. The van der Waals surface area contributed by atoms with E-state index in [2.05, 4.69) is 30.1 Å². The molecule has 0 aromatic carbocycles. The Kier molecular flexibility index (Phi) is 8.75. The summed E-state index contributed by atoms with van der Waals surface area (Å²) in [6.07, 6.45) is 16.3. The third-order valence-electron chi connectivity index (χ3n) is 3.18. The lowest BCUT2D eigenvalue weighted by Crippen LogP contribution is -2.01. The standard InChI is InChI=1S/C12H23IS/c13-14-12-10-8-6-4-2-1-3-5-7-9-11-12/h12H,1-11H2. The van der Waals surface area contributed by atoms with E-state index in [0.29, 0.717) is 0 Å². The largest absolute Gasteiger partial charge is 0.0860 e. The molecule has 0 nitrogen and oxygen atoms in total. The molecular formula is C12H23IS. The summed E-state index contributed by atoms with van der Waals surface area (Å²) >= 11 is 2.49. The zero-order chi connectivity index (χ0) is 10.1. The maximum atomic E-state index is 2.49. The van der Waals surface area contributed by atoms with Gasteiger partial charge in [-0.3, -0.25) is 0 Å². The highest BCUT2D eigenvalue weighted by molar-refractivity contribution is 14.2. The molecule has 1 fully saturated rings. The summed E-state index contributed by atoms with van der Waals surface area (Å²) in [5.41, 5.74) is 0. The van der Waals surface area contributed by atoms with E-state index in [9.17, 15) is 0 Å². The molecule has 0 aromatic heterocycles. The maximum absolute atomic E-state index is 2.49. The molecule has 84 valence electrons. The molecule has 1 rings (SSSR count). The van der Waals surface area contributed by atoms with Gasteiger partial charge >= 0.3 is 0 Å². The molecular weight excluding hydrogens is 303 g/mol. The van der Waals surface area contributed by atoms with Gasteiger partial charge in [-0.25, -0.2) is 0 Å². The van der Waals surface area contributed by atoms with Gasteiger partial charge in [-0.15, -0.1) is 0 Å². The van der Waals surface area contributed by atoms with Gasteiger partial charge in [-0.2, -0.15) is 0 Å². The van der Waals surface area contributed by atoms with Gasteiger partial charge in [-0.05, 0) is 34.0 Å². The van der Waals surface area contributed by atoms with Gasteiger partial charge in [0.2, 0.25) is 0 Å². The van der Waals surface area contributed by atoms with Gasteiger partial charge in [0.1, 0.15) is 0 Å². The minimum atomic E-state index is 0.954. The summed E-state index contributed by atoms with van der Waals surface area (Å²) in [5, 5.41) is 0.954. The van der Waals surface area contributed by atoms with Gasteiger partial charge in [0, 0.05) is 5.25 Å². The second-order valence-corrected chi connectivity index (χ2v) is 6.84. The number of hydrogen-bond acceptors (Lipinski definition) is 1. The maximum Gasteiger partial charge on any atom is 0.0148 e. The predicted molar refractivity (Wildman–Crippen MR) is 76.2 cm³/mol. The Labute approximate surface area is 106 Å². The fraction of sp³-hybridized carbons (Fsp3) is 1.00.